The van der Waals surface area contributed by atoms with Gasteiger partial charge >= 0.3 is 11.9 Å². The SMILES string of the molecule is CCC1=C(C)[C@]2(CC3N/C(=C\c4[nH]c(C[C@@H]5NC(=O)C(C)=C5[C@@H]5CS5)c(C)c4CCC(=O)O)C(CCC(=O)O)=C3C)ON2C1=O. The third kappa shape index (κ3) is 5.52. The van der Waals surface area contributed by atoms with Crippen molar-refractivity contribution in [2.24, 2.45) is 0 Å². The van der Waals surface area contributed by atoms with Gasteiger partial charge in [-0.1, -0.05) is 6.92 Å². The molecule has 45 heavy (non-hydrogen) atoms. The van der Waals surface area contributed by atoms with Crippen molar-refractivity contribution in [1.82, 2.24) is 20.7 Å². The average Bonchev–Trinajstić information content (AvgIpc) is 3.86. The number of aromatic nitrogens is 1. The number of nitrogens with zero attached hydrogens (tertiary/aromatic N) is 1. The number of nitrogens with one attached hydrogen (secondary N) is 3. The summed E-state index contributed by atoms with van der Waals surface area (Å²) < 4.78 is 0. The zero-order valence-corrected chi connectivity index (χ0v) is 27.1. The zero-order valence-electron chi connectivity index (χ0n) is 26.3. The number of fused-ring (bicyclic) bond motifs is 1. The summed E-state index contributed by atoms with van der Waals surface area (Å²) in [4.78, 5) is 57.9. The Kier molecular flexibility index (Phi) is 8.01. The lowest BCUT2D eigenvalue weighted by Gasteiger charge is -2.17. The summed E-state index contributed by atoms with van der Waals surface area (Å²) in [6, 6.07) is -0.313. The highest BCUT2D eigenvalue weighted by Gasteiger charge is 2.66. The Hall–Kier alpha value is -3.77. The second-order valence-corrected chi connectivity index (χ2v) is 13.8. The molecule has 6 heterocycles. The highest BCUT2D eigenvalue weighted by molar-refractivity contribution is 8.07. The van der Waals surface area contributed by atoms with Gasteiger partial charge in [0.05, 0.1) is 12.1 Å². The molecule has 4 atom stereocenters. The number of carboxylic acids is 2. The lowest BCUT2D eigenvalue weighted by Crippen LogP contribution is -2.32. The van der Waals surface area contributed by atoms with Crippen molar-refractivity contribution in [3.63, 3.8) is 0 Å². The Labute approximate surface area is 266 Å². The van der Waals surface area contributed by atoms with Crippen LogP contribution in [-0.4, -0.2) is 72.8 Å². The fourth-order valence-electron chi connectivity index (χ4n) is 7.28. The van der Waals surface area contributed by atoms with Crippen molar-refractivity contribution in [3.05, 3.63) is 61.7 Å². The number of H-pyrrole nitrogens is 1. The minimum atomic E-state index is -0.895. The normalized spacial score (nSPS) is 28.0. The van der Waals surface area contributed by atoms with Crippen molar-refractivity contribution in [2.45, 2.75) is 103 Å². The molecular formula is C33H40N4O7S. The standard InChI is InChI=1S/C33H40N4O7S/c1-6-19-18(5)33(37(44-33)32(19)43)13-26-16(3)21(8-10-29(40)41)24(35-26)12-23-20(7-9-28(38)39)15(2)22(34-23)11-25-30(27-14-45-27)17(4)31(42)36-25/h12,25-27,34-35H,6-11,13-14H2,1-5H3,(H,36,42)(H,38,39)(H,40,41)/b24-12-/t25-,26?,27-,33-,37?/m0/s1. The second-order valence-electron chi connectivity index (χ2n) is 12.6. The molecule has 5 aliphatic heterocycles. The van der Waals surface area contributed by atoms with Crippen LogP contribution in [0, 0.1) is 6.92 Å². The lowest BCUT2D eigenvalue weighted by molar-refractivity contribution is -0.138. The predicted molar refractivity (Wildman–Crippen MR) is 169 cm³/mol. The van der Waals surface area contributed by atoms with Gasteiger partial charge in [-0.15, -0.1) is 0 Å². The van der Waals surface area contributed by atoms with Crippen LogP contribution < -0.4 is 10.6 Å². The van der Waals surface area contributed by atoms with Crippen LogP contribution in [0.1, 0.15) is 82.3 Å². The van der Waals surface area contributed by atoms with Crippen LogP contribution in [0.5, 0.6) is 0 Å². The number of allylic oxidation sites excluding steroid dienone is 1. The topological polar surface area (TPSA) is 164 Å². The molecule has 2 saturated heterocycles. The molecule has 1 aromatic rings. The maximum atomic E-state index is 12.8. The lowest BCUT2D eigenvalue weighted by atomic mass is 9.92. The third-order valence-electron chi connectivity index (χ3n) is 10.0. The smallest absolute Gasteiger partial charge is 0.303 e. The fraction of sp³-hybridized carbons (Fsp3) is 0.515. The Morgan fingerprint density at radius 3 is 2.36 bits per heavy atom. The summed E-state index contributed by atoms with van der Waals surface area (Å²) >= 11 is 1.83. The molecule has 5 aliphatic rings. The molecule has 1 unspecified atom stereocenters. The second kappa shape index (κ2) is 11.5. The molecule has 0 spiro atoms. The first-order chi connectivity index (χ1) is 21.4. The van der Waals surface area contributed by atoms with Gasteiger partial charge in [-0.25, -0.2) is 4.84 Å². The van der Waals surface area contributed by atoms with Crippen molar-refractivity contribution in [2.75, 3.05) is 5.75 Å². The van der Waals surface area contributed by atoms with Gasteiger partial charge < -0.3 is 25.8 Å². The molecule has 0 saturated carbocycles. The van der Waals surface area contributed by atoms with Crippen LogP contribution in [0.4, 0.5) is 0 Å². The molecule has 1 aromatic heterocycles. The third-order valence-corrected chi connectivity index (χ3v) is 11.0. The molecule has 2 amide bonds. The Balaban J connectivity index is 1.33. The van der Waals surface area contributed by atoms with Crippen LogP contribution in [0.2, 0.25) is 0 Å². The van der Waals surface area contributed by atoms with E-state index in [1.807, 2.05) is 52.5 Å². The quantitative estimate of drug-likeness (QED) is 0.202. The van der Waals surface area contributed by atoms with Crippen molar-refractivity contribution in [3.8, 4) is 0 Å². The van der Waals surface area contributed by atoms with Gasteiger partial charge in [0.15, 0.2) is 0 Å². The molecule has 0 aliphatic carbocycles. The first-order valence-electron chi connectivity index (χ1n) is 15.5. The highest BCUT2D eigenvalue weighted by atomic mass is 32.2. The first kappa shape index (κ1) is 31.2. The van der Waals surface area contributed by atoms with E-state index in [0.29, 0.717) is 37.4 Å². The largest absolute Gasteiger partial charge is 0.481 e. The summed E-state index contributed by atoms with van der Waals surface area (Å²) in [5.74, 6) is -0.915. The number of amides is 2. The van der Waals surface area contributed by atoms with E-state index in [4.69, 9.17) is 4.84 Å². The fourth-order valence-corrected chi connectivity index (χ4v) is 8.08. The van der Waals surface area contributed by atoms with E-state index in [9.17, 15) is 29.4 Å². The molecule has 0 bridgehead atoms. The summed E-state index contributed by atoms with van der Waals surface area (Å²) in [6.45, 7) is 9.74. The van der Waals surface area contributed by atoms with Crippen molar-refractivity contribution < 1.29 is 34.2 Å². The first-order valence-corrected chi connectivity index (χ1v) is 16.6. The maximum Gasteiger partial charge on any atom is 0.303 e. The average molecular weight is 637 g/mol. The number of hydrogen-bond donors (Lipinski definition) is 5. The number of aromatic amines is 1. The molecule has 240 valence electrons. The molecular weight excluding hydrogens is 596 g/mol. The summed E-state index contributed by atoms with van der Waals surface area (Å²) in [6.07, 6.45) is 4.21. The minimum absolute atomic E-state index is 0.0384. The van der Waals surface area contributed by atoms with Gasteiger partial charge in [0.25, 0.3) is 5.91 Å². The van der Waals surface area contributed by atoms with E-state index < -0.39 is 17.7 Å². The van der Waals surface area contributed by atoms with Crippen LogP contribution >= 0.6 is 11.8 Å². The molecule has 5 N–H and O–H groups in total. The molecule has 11 nitrogen and oxygen atoms in total. The zero-order chi connectivity index (χ0) is 32.4. The monoisotopic (exact) mass is 636 g/mol. The summed E-state index contributed by atoms with van der Waals surface area (Å²) in [5.41, 5.74) is 9.05. The van der Waals surface area contributed by atoms with E-state index in [0.717, 1.165) is 67.4 Å². The Morgan fingerprint density at radius 1 is 1.04 bits per heavy atom. The number of rotatable bonds is 13. The number of thioether (sulfide) groups is 1. The molecule has 0 aromatic carbocycles. The van der Waals surface area contributed by atoms with Gasteiger partial charge in [-0.2, -0.15) is 16.8 Å². The number of carbonyl (C=O) groups excluding carboxylic acids is 2. The number of carbonyl (C=O) groups is 4. The van der Waals surface area contributed by atoms with E-state index in [1.165, 1.54) is 5.06 Å². The van der Waals surface area contributed by atoms with Gasteiger partial charge in [-0.3, -0.25) is 19.2 Å². The van der Waals surface area contributed by atoms with Gasteiger partial charge in [0.2, 0.25) is 11.6 Å². The Morgan fingerprint density at radius 2 is 1.73 bits per heavy atom. The number of hydroxylamine groups is 2. The highest BCUT2D eigenvalue weighted by Crippen LogP contribution is 2.54. The van der Waals surface area contributed by atoms with E-state index in [2.05, 4.69) is 15.6 Å². The molecule has 0 radical (unpaired) electrons. The van der Waals surface area contributed by atoms with E-state index in [-0.39, 0.29) is 36.7 Å². The molecule has 6 rings (SSSR count). The van der Waals surface area contributed by atoms with Crippen LogP contribution in [0.15, 0.2) is 39.1 Å². The summed E-state index contributed by atoms with van der Waals surface area (Å²) in [7, 11) is 0. The predicted octanol–water partition coefficient (Wildman–Crippen LogP) is 3.91. The molecule has 2 fully saturated rings. The van der Waals surface area contributed by atoms with Gasteiger partial charge in [-0.05, 0) is 86.5 Å². The van der Waals surface area contributed by atoms with E-state index >= 15 is 0 Å². The van der Waals surface area contributed by atoms with Gasteiger partial charge in [0.1, 0.15) is 0 Å². The molecule has 12 heteroatoms. The van der Waals surface area contributed by atoms with Crippen molar-refractivity contribution in [1.29, 1.82) is 0 Å². The number of aliphatic carboxylic acids is 2. The van der Waals surface area contributed by atoms with Crippen LogP contribution in [0.3, 0.4) is 0 Å². The van der Waals surface area contributed by atoms with Crippen molar-refractivity contribution >= 4 is 41.6 Å². The van der Waals surface area contributed by atoms with Crippen LogP contribution in [-0.2, 0) is 36.9 Å². The van der Waals surface area contributed by atoms with E-state index in [1.54, 1.807) is 0 Å². The van der Waals surface area contributed by atoms with Crippen LogP contribution in [0.25, 0.3) is 6.08 Å². The van der Waals surface area contributed by atoms with Gasteiger partial charge in [0, 0.05) is 64.9 Å². The number of hydrogen-bond acceptors (Lipinski definition) is 7. The summed E-state index contributed by atoms with van der Waals surface area (Å²) in [5, 5.41) is 27.6. The minimum Gasteiger partial charge on any atom is -0.481 e. The maximum absolute atomic E-state index is 12.8. The Bertz CT molecular complexity index is 1650. The number of carboxylic acid groups (broad SMARTS) is 2.